The number of carbonyl (C=O) groups excluding carboxylic acids is 1. The number of benzene rings is 1. The number of rotatable bonds is 4. The van der Waals surface area contributed by atoms with Crippen LogP contribution < -0.4 is 0 Å². The molecule has 2 fully saturated rings. The molecule has 0 spiro atoms. The minimum absolute atomic E-state index is 0.428. The Morgan fingerprint density at radius 3 is 1.77 bits per heavy atom. The Morgan fingerprint density at radius 1 is 0.731 bits per heavy atom. The quantitative estimate of drug-likeness (QED) is 0.658. The summed E-state index contributed by atoms with van der Waals surface area (Å²) in [4.78, 5) is 11.4. The maximum absolute atomic E-state index is 11.4. The zero-order chi connectivity index (χ0) is 18.8. The second kappa shape index (κ2) is 8.25. The number of ether oxygens (including phenoxy) is 1. The highest BCUT2D eigenvalue weighted by molar-refractivity contribution is 5.79. The molecule has 3 rings (SSSR count). The first kappa shape index (κ1) is 19.6. The van der Waals surface area contributed by atoms with Crippen molar-refractivity contribution in [3.8, 4) is 0 Å². The molecule has 2 saturated carbocycles. The fourth-order valence-electron chi connectivity index (χ4n) is 5.10. The van der Waals surface area contributed by atoms with Gasteiger partial charge in [-0.05, 0) is 118 Å². The van der Waals surface area contributed by atoms with Crippen molar-refractivity contribution in [2.24, 2.45) is 5.92 Å². The Balaban J connectivity index is 1.57. The fraction of sp³-hybridized carbons (Fsp3) is 0.708. The van der Waals surface area contributed by atoms with Gasteiger partial charge in [-0.15, -0.1) is 0 Å². The third-order valence-electron chi connectivity index (χ3n) is 7.37. The van der Waals surface area contributed by atoms with Gasteiger partial charge in [0.1, 0.15) is 5.78 Å². The van der Waals surface area contributed by atoms with E-state index in [2.05, 4.69) is 34.6 Å². The molecular formula is C24H36O2. The predicted octanol–water partition coefficient (Wildman–Crippen LogP) is 6.03. The number of hydrogen-bond acceptors (Lipinski definition) is 2. The minimum atomic E-state index is 0.428. The molecule has 2 aliphatic rings. The van der Waals surface area contributed by atoms with Crippen molar-refractivity contribution >= 4 is 5.78 Å². The highest BCUT2D eigenvalue weighted by atomic mass is 16.5. The van der Waals surface area contributed by atoms with Crippen LogP contribution in [0.3, 0.4) is 0 Å². The van der Waals surface area contributed by atoms with E-state index >= 15 is 0 Å². The Kier molecular flexibility index (Phi) is 6.22. The van der Waals surface area contributed by atoms with Gasteiger partial charge in [-0.1, -0.05) is 0 Å². The number of carbonyl (C=O) groups is 1. The van der Waals surface area contributed by atoms with Crippen molar-refractivity contribution in [1.82, 2.24) is 0 Å². The largest absolute Gasteiger partial charge is 0.378 e. The van der Waals surface area contributed by atoms with Crippen molar-refractivity contribution in [3.63, 3.8) is 0 Å². The molecule has 0 unspecified atom stereocenters. The van der Waals surface area contributed by atoms with Gasteiger partial charge in [-0.2, -0.15) is 0 Å². The predicted molar refractivity (Wildman–Crippen MR) is 108 cm³/mol. The molecule has 2 heteroatoms. The molecule has 26 heavy (non-hydrogen) atoms. The normalized spacial score (nSPS) is 24.9. The van der Waals surface area contributed by atoms with Crippen molar-refractivity contribution in [1.29, 1.82) is 0 Å². The summed E-state index contributed by atoms with van der Waals surface area (Å²) in [7, 11) is 0. The van der Waals surface area contributed by atoms with Gasteiger partial charge in [0, 0.05) is 19.4 Å². The highest BCUT2D eigenvalue weighted by Crippen LogP contribution is 2.40. The fourth-order valence-corrected chi connectivity index (χ4v) is 5.10. The zero-order valence-corrected chi connectivity index (χ0v) is 17.4. The van der Waals surface area contributed by atoms with E-state index in [-0.39, 0.29) is 0 Å². The summed E-state index contributed by atoms with van der Waals surface area (Å²) >= 11 is 0. The first-order valence-corrected chi connectivity index (χ1v) is 10.6. The summed E-state index contributed by atoms with van der Waals surface area (Å²) in [5, 5.41) is 0. The van der Waals surface area contributed by atoms with Crippen LogP contribution in [0.15, 0.2) is 0 Å². The molecule has 0 bridgehead atoms. The van der Waals surface area contributed by atoms with E-state index in [1.165, 1.54) is 53.5 Å². The lowest BCUT2D eigenvalue weighted by molar-refractivity contribution is -0.121. The van der Waals surface area contributed by atoms with E-state index < -0.39 is 0 Å². The first-order chi connectivity index (χ1) is 12.4. The summed E-state index contributed by atoms with van der Waals surface area (Å²) in [6.07, 6.45) is 8.90. The van der Waals surface area contributed by atoms with Gasteiger partial charge in [0.25, 0.3) is 0 Å². The van der Waals surface area contributed by atoms with E-state index in [1.807, 2.05) is 0 Å². The summed E-state index contributed by atoms with van der Waals surface area (Å²) in [5.74, 6) is 1.74. The molecule has 1 aromatic carbocycles. The van der Waals surface area contributed by atoms with Crippen LogP contribution in [0.4, 0.5) is 0 Å². The monoisotopic (exact) mass is 356 g/mol. The SMILES string of the molecule is Cc1c(C)c(C)c(C2CCC(OCC3CCC(=O)CC3)CC2)c(C)c1C. The Hall–Kier alpha value is -1.15. The third kappa shape index (κ3) is 4.06. The minimum Gasteiger partial charge on any atom is -0.378 e. The van der Waals surface area contributed by atoms with Crippen LogP contribution in [0.1, 0.15) is 90.7 Å². The van der Waals surface area contributed by atoms with Crippen LogP contribution in [0.2, 0.25) is 0 Å². The first-order valence-electron chi connectivity index (χ1n) is 10.6. The van der Waals surface area contributed by atoms with E-state index in [4.69, 9.17) is 4.74 Å². The van der Waals surface area contributed by atoms with Crippen LogP contribution in [0, 0.1) is 40.5 Å². The molecular weight excluding hydrogens is 320 g/mol. The molecule has 0 aromatic heterocycles. The van der Waals surface area contributed by atoms with E-state index in [0.29, 0.717) is 23.7 Å². The lowest BCUT2D eigenvalue weighted by atomic mass is 9.76. The molecule has 1 aromatic rings. The second-order valence-corrected chi connectivity index (χ2v) is 8.83. The van der Waals surface area contributed by atoms with Gasteiger partial charge >= 0.3 is 0 Å². The van der Waals surface area contributed by atoms with Crippen LogP contribution in [0.25, 0.3) is 0 Å². The van der Waals surface area contributed by atoms with Crippen LogP contribution in [-0.4, -0.2) is 18.5 Å². The van der Waals surface area contributed by atoms with E-state index in [9.17, 15) is 4.79 Å². The number of hydrogen-bond donors (Lipinski definition) is 0. The Labute approximate surface area is 159 Å². The van der Waals surface area contributed by atoms with Crippen molar-refractivity contribution in [3.05, 3.63) is 33.4 Å². The molecule has 0 saturated heterocycles. The van der Waals surface area contributed by atoms with Crippen molar-refractivity contribution in [2.45, 2.75) is 98.0 Å². The summed E-state index contributed by atoms with van der Waals surface area (Å²) in [6.45, 7) is 12.3. The molecule has 0 heterocycles. The maximum atomic E-state index is 11.4. The maximum Gasteiger partial charge on any atom is 0.132 e. The Morgan fingerprint density at radius 2 is 1.23 bits per heavy atom. The number of ketones is 1. The Bertz CT molecular complexity index is 626. The summed E-state index contributed by atoms with van der Waals surface area (Å²) in [5.41, 5.74) is 9.08. The third-order valence-corrected chi connectivity index (χ3v) is 7.37. The smallest absolute Gasteiger partial charge is 0.132 e. The van der Waals surface area contributed by atoms with Crippen molar-refractivity contribution < 1.29 is 9.53 Å². The molecule has 0 aliphatic heterocycles. The molecule has 0 atom stereocenters. The van der Waals surface area contributed by atoms with Gasteiger partial charge in [0.15, 0.2) is 0 Å². The zero-order valence-electron chi connectivity index (χ0n) is 17.4. The summed E-state index contributed by atoms with van der Waals surface area (Å²) < 4.78 is 6.26. The van der Waals surface area contributed by atoms with Gasteiger partial charge in [-0.25, -0.2) is 0 Å². The molecule has 0 amide bonds. The molecule has 0 N–H and O–H groups in total. The van der Waals surface area contributed by atoms with Crippen LogP contribution >= 0.6 is 0 Å². The average Bonchev–Trinajstić information content (AvgIpc) is 2.65. The van der Waals surface area contributed by atoms with Crippen LogP contribution in [0.5, 0.6) is 0 Å². The molecule has 2 nitrogen and oxygen atoms in total. The van der Waals surface area contributed by atoms with Crippen molar-refractivity contribution in [2.75, 3.05) is 6.61 Å². The highest BCUT2D eigenvalue weighted by Gasteiger charge is 2.27. The lowest BCUT2D eigenvalue weighted by Gasteiger charge is -2.33. The topological polar surface area (TPSA) is 26.3 Å². The lowest BCUT2D eigenvalue weighted by Crippen LogP contribution is -2.26. The van der Waals surface area contributed by atoms with Gasteiger partial charge in [-0.3, -0.25) is 4.79 Å². The van der Waals surface area contributed by atoms with Gasteiger partial charge in [0.2, 0.25) is 0 Å². The molecule has 144 valence electrons. The molecule has 2 aliphatic carbocycles. The number of Topliss-reactive ketones (excluding diaryl/α,β-unsaturated/α-hetero) is 1. The van der Waals surface area contributed by atoms with Crippen LogP contribution in [-0.2, 0) is 9.53 Å². The molecule has 0 radical (unpaired) electrons. The summed E-state index contributed by atoms with van der Waals surface area (Å²) in [6, 6.07) is 0. The second-order valence-electron chi connectivity index (χ2n) is 8.83. The average molecular weight is 357 g/mol. The van der Waals surface area contributed by atoms with E-state index in [0.717, 1.165) is 32.3 Å². The van der Waals surface area contributed by atoms with E-state index in [1.54, 1.807) is 5.56 Å². The van der Waals surface area contributed by atoms with Gasteiger partial charge in [0.05, 0.1) is 6.10 Å². The standard InChI is InChI=1S/C24H36O2/c1-15-16(2)18(4)24(19(5)17(15)3)21-8-12-23(13-9-21)26-14-20-6-10-22(25)11-7-20/h20-21,23H,6-14H2,1-5H3. The van der Waals surface area contributed by atoms with Gasteiger partial charge < -0.3 is 4.74 Å².